The average molecular weight is 214 g/mol. The van der Waals surface area contributed by atoms with Crippen LogP contribution in [0.4, 0.5) is 0 Å². The van der Waals surface area contributed by atoms with E-state index in [0.717, 1.165) is 5.57 Å². The van der Waals surface area contributed by atoms with E-state index in [-0.39, 0.29) is 6.42 Å². The average Bonchev–Trinajstić information content (AvgIpc) is 2.01. The zero-order valence-corrected chi connectivity index (χ0v) is 9.66. The van der Waals surface area contributed by atoms with Gasteiger partial charge in [-0.1, -0.05) is 11.6 Å². The van der Waals surface area contributed by atoms with Gasteiger partial charge in [0.25, 0.3) is 0 Å². The van der Waals surface area contributed by atoms with Gasteiger partial charge in [0.1, 0.15) is 0 Å². The number of carbonyl (C=O) groups is 2. The Kier molecular flexibility index (Phi) is 5.05. The normalized spacial score (nSPS) is 13.9. The number of rotatable bonds is 5. The standard InChI is InChI=1S/C11H18O4/c1-8(2)6-5-7-11(4,10(13)14)15-9(3)12/h6H,5,7H2,1-4H3,(H,13,14). The van der Waals surface area contributed by atoms with E-state index in [2.05, 4.69) is 0 Å². The Hall–Kier alpha value is -1.32. The summed E-state index contributed by atoms with van der Waals surface area (Å²) in [7, 11) is 0. The second-order valence-electron chi connectivity index (χ2n) is 3.95. The predicted molar refractivity (Wildman–Crippen MR) is 56.5 cm³/mol. The van der Waals surface area contributed by atoms with Crippen LogP contribution >= 0.6 is 0 Å². The van der Waals surface area contributed by atoms with Gasteiger partial charge in [-0.3, -0.25) is 4.79 Å². The maximum Gasteiger partial charge on any atom is 0.347 e. The predicted octanol–water partition coefficient (Wildman–Crippen LogP) is 2.14. The second kappa shape index (κ2) is 5.53. The van der Waals surface area contributed by atoms with Gasteiger partial charge >= 0.3 is 11.9 Å². The highest BCUT2D eigenvalue weighted by Gasteiger charge is 2.35. The van der Waals surface area contributed by atoms with Crippen LogP contribution in [0.2, 0.25) is 0 Å². The van der Waals surface area contributed by atoms with E-state index in [1.54, 1.807) is 0 Å². The minimum Gasteiger partial charge on any atom is -0.478 e. The monoisotopic (exact) mass is 214 g/mol. The minimum absolute atomic E-state index is 0.285. The number of aliphatic carboxylic acids is 1. The maximum absolute atomic E-state index is 10.9. The summed E-state index contributed by atoms with van der Waals surface area (Å²) in [5.74, 6) is -1.68. The van der Waals surface area contributed by atoms with Crippen LogP contribution in [-0.4, -0.2) is 22.6 Å². The lowest BCUT2D eigenvalue weighted by Crippen LogP contribution is -2.39. The number of carboxylic acids is 1. The molecule has 0 fully saturated rings. The van der Waals surface area contributed by atoms with E-state index >= 15 is 0 Å². The molecule has 0 amide bonds. The van der Waals surface area contributed by atoms with E-state index < -0.39 is 17.5 Å². The number of carboxylic acid groups (broad SMARTS) is 1. The van der Waals surface area contributed by atoms with E-state index in [1.165, 1.54) is 13.8 Å². The topological polar surface area (TPSA) is 63.6 Å². The summed E-state index contributed by atoms with van der Waals surface area (Å²) in [6.07, 6.45) is 2.79. The molecule has 0 saturated heterocycles. The van der Waals surface area contributed by atoms with Crippen LogP contribution in [0.15, 0.2) is 11.6 Å². The van der Waals surface area contributed by atoms with Crippen molar-refractivity contribution < 1.29 is 19.4 Å². The third-order valence-corrected chi connectivity index (χ3v) is 2.00. The van der Waals surface area contributed by atoms with Gasteiger partial charge in [0.05, 0.1) is 0 Å². The zero-order chi connectivity index (χ0) is 12.1. The molecule has 0 saturated carbocycles. The van der Waals surface area contributed by atoms with Crippen molar-refractivity contribution in [3.63, 3.8) is 0 Å². The van der Waals surface area contributed by atoms with Crippen LogP contribution in [-0.2, 0) is 14.3 Å². The number of hydrogen-bond donors (Lipinski definition) is 1. The third kappa shape index (κ3) is 5.20. The van der Waals surface area contributed by atoms with Gasteiger partial charge in [-0.2, -0.15) is 0 Å². The molecule has 86 valence electrons. The molecule has 0 aliphatic carbocycles. The Morgan fingerprint density at radius 2 is 1.87 bits per heavy atom. The molecule has 0 bridgehead atoms. The lowest BCUT2D eigenvalue weighted by molar-refractivity contribution is -0.175. The first-order valence-electron chi connectivity index (χ1n) is 4.84. The number of hydrogen-bond acceptors (Lipinski definition) is 3. The van der Waals surface area contributed by atoms with Crippen LogP contribution in [0, 0.1) is 0 Å². The van der Waals surface area contributed by atoms with Crippen molar-refractivity contribution in [3.05, 3.63) is 11.6 Å². The molecule has 0 rings (SSSR count). The molecule has 0 aliphatic heterocycles. The van der Waals surface area contributed by atoms with Crippen LogP contribution in [0.1, 0.15) is 40.5 Å². The lowest BCUT2D eigenvalue weighted by atomic mass is 9.99. The molecule has 0 aromatic carbocycles. The molecular formula is C11H18O4. The fourth-order valence-corrected chi connectivity index (χ4v) is 1.16. The van der Waals surface area contributed by atoms with E-state index in [0.29, 0.717) is 6.42 Å². The number of carbonyl (C=O) groups excluding carboxylic acids is 1. The lowest BCUT2D eigenvalue weighted by Gasteiger charge is -2.23. The van der Waals surface area contributed by atoms with Crippen LogP contribution in [0.25, 0.3) is 0 Å². The Morgan fingerprint density at radius 1 is 1.33 bits per heavy atom. The molecule has 0 heterocycles. The van der Waals surface area contributed by atoms with Crippen molar-refractivity contribution in [1.82, 2.24) is 0 Å². The highest BCUT2D eigenvalue weighted by atomic mass is 16.6. The third-order valence-electron chi connectivity index (χ3n) is 2.00. The molecule has 0 aromatic rings. The molecule has 0 aliphatic rings. The highest BCUT2D eigenvalue weighted by Crippen LogP contribution is 2.19. The van der Waals surface area contributed by atoms with Crippen LogP contribution in [0.5, 0.6) is 0 Å². The van der Waals surface area contributed by atoms with E-state index in [1.807, 2.05) is 19.9 Å². The van der Waals surface area contributed by atoms with Crippen molar-refractivity contribution >= 4 is 11.9 Å². The van der Waals surface area contributed by atoms with Crippen LogP contribution in [0.3, 0.4) is 0 Å². The molecule has 15 heavy (non-hydrogen) atoms. The van der Waals surface area contributed by atoms with Crippen molar-refractivity contribution in [1.29, 1.82) is 0 Å². The molecular weight excluding hydrogens is 196 g/mol. The molecule has 0 radical (unpaired) electrons. The summed E-state index contributed by atoms with van der Waals surface area (Å²) in [5.41, 5.74) is -0.303. The Balaban J connectivity index is 4.46. The van der Waals surface area contributed by atoms with Gasteiger partial charge in [0, 0.05) is 13.3 Å². The summed E-state index contributed by atoms with van der Waals surface area (Å²) in [6, 6.07) is 0. The minimum atomic E-state index is -1.42. The summed E-state index contributed by atoms with van der Waals surface area (Å²) in [6.45, 7) is 6.49. The Bertz CT molecular complexity index is 276. The summed E-state index contributed by atoms with van der Waals surface area (Å²) in [5, 5.41) is 8.95. The Morgan fingerprint density at radius 3 is 2.20 bits per heavy atom. The largest absolute Gasteiger partial charge is 0.478 e. The summed E-state index contributed by atoms with van der Waals surface area (Å²) in [4.78, 5) is 21.7. The quantitative estimate of drug-likeness (QED) is 0.562. The van der Waals surface area contributed by atoms with Gasteiger partial charge in [-0.25, -0.2) is 4.79 Å². The van der Waals surface area contributed by atoms with Gasteiger partial charge in [-0.15, -0.1) is 0 Å². The molecule has 0 spiro atoms. The van der Waals surface area contributed by atoms with Gasteiger partial charge in [0.2, 0.25) is 5.60 Å². The van der Waals surface area contributed by atoms with Crippen molar-refractivity contribution in [2.45, 2.75) is 46.1 Å². The molecule has 4 nitrogen and oxygen atoms in total. The molecule has 1 atom stereocenters. The summed E-state index contributed by atoms with van der Waals surface area (Å²) < 4.78 is 4.81. The molecule has 1 N–H and O–H groups in total. The first kappa shape index (κ1) is 13.7. The highest BCUT2D eigenvalue weighted by molar-refractivity contribution is 5.80. The van der Waals surface area contributed by atoms with Gasteiger partial charge < -0.3 is 9.84 Å². The van der Waals surface area contributed by atoms with Crippen molar-refractivity contribution in [2.24, 2.45) is 0 Å². The van der Waals surface area contributed by atoms with E-state index in [9.17, 15) is 9.59 Å². The second-order valence-corrected chi connectivity index (χ2v) is 3.95. The smallest absolute Gasteiger partial charge is 0.347 e. The zero-order valence-electron chi connectivity index (χ0n) is 9.66. The first-order chi connectivity index (χ1) is 6.78. The maximum atomic E-state index is 10.9. The number of esters is 1. The first-order valence-corrected chi connectivity index (χ1v) is 4.84. The summed E-state index contributed by atoms with van der Waals surface area (Å²) >= 11 is 0. The molecule has 0 aromatic heterocycles. The molecule has 4 heteroatoms. The SMILES string of the molecule is CC(=O)OC(C)(CCC=C(C)C)C(=O)O. The molecule has 1 unspecified atom stereocenters. The fraction of sp³-hybridized carbons (Fsp3) is 0.636. The van der Waals surface area contributed by atoms with Crippen molar-refractivity contribution in [2.75, 3.05) is 0 Å². The van der Waals surface area contributed by atoms with Gasteiger partial charge in [0.15, 0.2) is 0 Å². The van der Waals surface area contributed by atoms with Crippen molar-refractivity contribution in [3.8, 4) is 0 Å². The van der Waals surface area contributed by atoms with E-state index in [4.69, 9.17) is 9.84 Å². The fourth-order valence-electron chi connectivity index (χ4n) is 1.16. The van der Waals surface area contributed by atoms with Crippen LogP contribution < -0.4 is 0 Å². The number of allylic oxidation sites excluding steroid dienone is 2. The Labute approximate surface area is 89.9 Å². The van der Waals surface area contributed by atoms with Gasteiger partial charge in [-0.05, 0) is 27.2 Å². The number of ether oxygens (including phenoxy) is 1.